The van der Waals surface area contributed by atoms with Crippen LogP contribution in [0.3, 0.4) is 0 Å². The van der Waals surface area contributed by atoms with Gasteiger partial charge >= 0.3 is 0 Å². The average molecular weight is 895 g/mol. The predicted molar refractivity (Wildman–Crippen MR) is 237 cm³/mol. The topological polar surface area (TPSA) is 185 Å². The second-order valence-corrected chi connectivity index (χ2v) is 20.1. The average Bonchev–Trinajstić information content (AvgIpc) is 3.69. The van der Waals surface area contributed by atoms with Gasteiger partial charge in [-0.3, -0.25) is 19.5 Å². The van der Waals surface area contributed by atoms with E-state index in [1.165, 1.54) is 12.1 Å². The Balaban J connectivity index is 0.965. The lowest BCUT2D eigenvalue weighted by atomic mass is 9.94. The molecule has 62 heavy (non-hydrogen) atoms. The number of carbonyl (C=O) groups excluding carboxylic acids is 2. The summed E-state index contributed by atoms with van der Waals surface area (Å²) >= 11 is 1.70. The van der Waals surface area contributed by atoms with E-state index < -0.39 is 25.8 Å². The first kappa shape index (κ1) is 43.0. The molecule has 15 nitrogen and oxygen atoms in total. The lowest BCUT2D eigenvalue weighted by Crippen LogP contribution is -2.37. The van der Waals surface area contributed by atoms with Gasteiger partial charge in [-0.25, -0.2) is 31.5 Å². The number of nitrogens with zero attached hydrogens (tertiary/aromatic N) is 6. The molecule has 3 aromatic carbocycles. The Morgan fingerprint density at radius 1 is 0.903 bits per heavy atom. The number of anilines is 2. The number of sulfonamides is 1. The first-order valence-corrected chi connectivity index (χ1v) is 24.6. The Kier molecular flexibility index (Phi) is 13.0. The van der Waals surface area contributed by atoms with Gasteiger partial charge in [-0.05, 0) is 90.9 Å². The molecule has 3 aromatic heterocycles. The van der Waals surface area contributed by atoms with Gasteiger partial charge in [-0.15, -0.1) is 11.8 Å². The van der Waals surface area contributed by atoms with Gasteiger partial charge in [-0.2, -0.15) is 0 Å². The monoisotopic (exact) mass is 894 g/mol. The van der Waals surface area contributed by atoms with Crippen LogP contribution in [0.15, 0.2) is 124 Å². The molecule has 1 atom stereocenters. The number of hydrogen-bond acceptors (Lipinski definition) is 13. The predicted octanol–water partition coefficient (Wildman–Crippen LogP) is 5.13. The zero-order valence-corrected chi connectivity index (χ0v) is 36.5. The number of benzene rings is 3. The highest BCUT2D eigenvalue weighted by molar-refractivity contribution is 7.99. The van der Waals surface area contributed by atoms with Gasteiger partial charge in [0.2, 0.25) is 0 Å². The minimum absolute atomic E-state index is 0.0855. The molecule has 0 spiro atoms. The Hall–Kier alpha value is -5.66. The van der Waals surface area contributed by atoms with E-state index in [1.807, 2.05) is 47.4 Å². The number of hydrogen-bond donors (Lipinski definition) is 2. The van der Waals surface area contributed by atoms with E-state index in [0.29, 0.717) is 67.6 Å². The van der Waals surface area contributed by atoms with Crippen molar-refractivity contribution in [3.8, 4) is 0 Å². The lowest BCUT2D eigenvalue weighted by Gasteiger charge is -2.31. The van der Waals surface area contributed by atoms with E-state index in [4.69, 9.17) is 4.74 Å². The van der Waals surface area contributed by atoms with Crippen molar-refractivity contribution in [3.63, 3.8) is 0 Å². The van der Waals surface area contributed by atoms with E-state index in [2.05, 4.69) is 29.9 Å². The highest BCUT2D eigenvalue weighted by Crippen LogP contribution is 2.30. The van der Waals surface area contributed by atoms with E-state index in [1.54, 1.807) is 65.2 Å². The summed E-state index contributed by atoms with van der Waals surface area (Å²) in [4.78, 5) is 45.1. The maximum Gasteiger partial charge on any atom is 0.283 e. The summed E-state index contributed by atoms with van der Waals surface area (Å²) in [7, 11) is -8.40. The first-order chi connectivity index (χ1) is 29.9. The summed E-state index contributed by atoms with van der Waals surface area (Å²) in [6.07, 6.45) is 9.56. The van der Waals surface area contributed by atoms with Crippen molar-refractivity contribution in [2.75, 3.05) is 61.6 Å². The fourth-order valence-corrected chi connectivity index (χ4v) is 10.8. The van der Waals surface area contributed by atoms with Crippen LogP contribution in [0.5, 0.6) is 0 Å². The van der Waals surface area contributed by atoms with E-state index in [0.717, 1.165) is 60.2 Å². The Bertz CT molecular complexity index is 2780. The summed E-state index contributed by atoms with van der Waals surface area (Å²) < 4.78 is 63.3. The molecule has 2 N–H and O–H groups in total. The molecule has 5 heterocycles. The standard InChI is InChI=1S/C44H46N8O7S3/c1-61(55,56)39-26-35(14-13-33(39)25-31(15-18-50-21-23-59-24-22-50)30-60-34-8-3-2-4-9-34)62(57,58)49-44(54)38-11-6-12-41(46-38)51-19-16-32-7-5-10-36(37(32)28-51)43(53)48-40-29-52-20-17-45-27-42(52)47-40/h2-14,17,20,26-27,29,31H,15-16,18-19,21-25,28,30H2,1H3,(H,48,53)(H,49,54)/t31-/m0/s1. The molecule has 0 radical (unpaired) electrons. The van der Waals surface area contributed by atoms with E-state index in [9.17, 15) is 26.4 Å². The van der Waals surface area contributed by atoms with Crippen LogP contribution in [-0.4, -0.2) is 104 Å². The number of rotatable bonds is 15. The lowest BCUT2D eigenvalue weighted by molar-refractivity contribution is 0.0357. The van der Waals surface area contributed by atoms with Crippen LogP contribution in [0.1, 0.15) is 44.0 Å². The van der Waals surface area contributed by atoms with Gasteiger partial charge in [0.15, 0.2) is 21.3 Å². The highest BCUT2D eigenvalue weighted by atomic mass is 32.2. The van der Waals surface area contributed by atoms with Crippen molar-refractivity contribution in [2.45, 2.75) is 40.5 Å². The molecule has 6 aromatic rings. The van der Waals surface area contributed by atoms with Crippen molar-refractivity contribution in [3.05, 3.63) is 138 Å². The number of pyridine rings is 1. The molecule has 8 rings (SSSR count). The minimum atomic E-state index is -4.53. The molecular weight excluding hydrogens is 849 g/mol. The van der Waals surface area contributed by atoms with Gasteiger partial charge in [0.1, 0.15) is 11.5 Å². The fraction of sp³-hybridized carbons (Fsp3) is 0.295. The molecule has 0 saturated carbocycles. The Morgan fingerprint density at radius 3 is 2.50 bits per heavy atom. The molecule has 322 valence electrons. The zero-order chi connectivity index (χ0) is 43.3. The van der Waals surface area contributed by atoms with Crippen LogP contribution >= 0.6 is 11.8 Å². The molecule has 1 fully saturated rings. The largest absolute Gasteiger partial charge is 0.379 e. The maximum absolute atomic E-state index is 13.7. The Labute approximate surface area is 364 Å². The summed E-state index contributed by atoms with van der Waals surface area (Å²) in [6.45, 7) is 4.70. The number of morpholine rings is 1. The Morgan fingerprint density at radius 2 is 1.71 bits per heavy atom. The second-order valence-electron chi connectivity index (χ2n) is 15.3. The minimum Gasteiger partial charge on any atom is -0.379 e. The van der Waals surface area contributed by atoms with Crippen LogP contribution in [0.25, 0.3) is 5.65 Å². The number of ether oxygens (including phenoxy) is 1. The molecule has 18 heteroatoms. The van der Waals surface area contributed by atoms with Crippen LogP contribution in [0.2, 0.25) is 0 Å². The highest BCUT2D eigenvalue weighted by Gasteiger charge is 2.27. The van der Waals surface area contributed by atoms with Crippen molar-refractivity contribution in [1.29, 1.82) is 0 Å². The number of nitrogens with one attached hydrogen (secondary N) is 2. The number of imidazole rings is 1. The molecule has 0 aliphatic carbocycles. The smallest absolute Gasteiger partial charge is 0.283 e. The van der Waals surface area contributed by atoms with Crippen LogP contribution < -0.4 is 14.9 Å². The summed E-state index contributed by atoms with van der Waals surface area (Å²) in [5, 5.41) is 2.88. The number of amides is 2. The van der Waals surface area contributed by atoms with Crippen molar-refractivity contribution in [1.82, 2.24) is 29.0 Å². The molecule has 0 bridgehead atoms. The van der Waals surface area contributed by atoms with Crippen molar-refractivity contribution < 1.29 is 31.2 Å². The molecule has 2 aliphatic rings. The number of sulfone groups is 1. The number of fused-ring (bicyclic) bond motifs is 2. The van der Waals surface area contributed by atoms with Gasteiger partial charge in [0, 0.05) is 61.0 Å². The molecule has 2 amide bonds. The summed E-state index contributed by atoms with van der Waals surface area (Å²) in [6, 6.07) is 24.3. The van der Waals surface area contributed by atoms with E-state index in [-0.39, 0.29) is 27.3 Å². The van der Waals surface area contributed by atoms with Gasteiger partial charge in [-0.1, -0.05) is 42.5 Å². The zero-order valence-electron chi connectivity index (χ0n) is 34.0. The number of thioether (sulfide) groups is 1. The number of aromatic nitrogens is 4. The summed E-state index contributed by atoms with van der Waals surface area (Å²) in [5.74, 6) is 0.317. The van der Waals surface area contributed by atoms with E-state index >= 15 is 0 Å². The third kappa shape index (κ3) is 10.3. The third-order valence-electron chi connectivity index (χ3n) is 11.0. The maximum atomic E-state index is 13.7. The molecule has 0 unspecified atom stereocenters. The summed E-state index contributed by atoms with van der Waals surface area (Å²) in [5.41, 5.74) is 3.22. The SMILES string of the molecule is CS(=O)(=O)c1cc(S(=O)(=O)NC(=O)c2cccc(N3CCc4cccc(C(=O)Nc5cn6ccncc6n5)c4C3)n2)ccc1C[C@H](CCN1CCOCC1)CSc1ccccc1. The van der Waals surface area contributed by atoms with Gasteiger partial charge < -0.3 is 19.4 Å². The quantitative estimate of drug-likeness (QED) is 0.129. The molecule has 1 saturated heterocycles. The third-order valence-corrected chi connectivity index (χ3v) is 14.7. The molecule has 2 aliphatic heterocycles. The first-order valence-electron chi connectivity index (χ1n) is 20.2. The van der Waals surface area contributed by atoms with Crippen molar-refractivity contribution >= 4 is 60.7 Å². The normalized spacial score (nSPS) is 15.2. The van der Waals surface area contributed by atoms with Gasteiger partial charge in [0.25, 0.3) is 21.8 Å². The van der Waals surface area contributed by atoms with Gasteiger partial charge in [0.05, 0.1) is 35.4 Å². The van der Waals surface area contributed by atoms with Crippen LogP contribution in [-0.2, 0) is 44.0 Å². The van der Waals surface area contributed by atoms with Crippen LogP contribution in [0.4, 0.5) is 11.6 Å². The van der Waals surface area contributed by atoms with Crippen LogP contribution in [0, 0.1) is 5.92 Å². The van der Waals surface area contributed by atoms with Crippen molar-refractivity contribution in [2.24, 2.45) is 5.92 Å². The fourth-order valence-electron chi connectivity index (χ4n) is 7.73. The number of carbonyl (C=O) groups is 2. The second kappa shape index (κ2) is 18.8. The molecular formula is C44H46N8O7S3.